The minimum Gasteiger partial charge on any atom is -0.382 e. The van der Waals surface area contributed by atoms with Crippen LogP contribution in [0.15, 0.2) is 9.70 Å². The summed E-state index contributed by atoms with van der Waals surface area (Å²) in [7, 11) is 0. The number of carbonyl (C=O) groups is 1. The van der Waals surface area contributed by atoms with E-state index in [0.29, 0.717) is 59.3 Å². The Balaban J connectivity index is 2.09. The maximum absolute atomic E-state index is 13.2. The predicted octanol–water partition coefficient (Wildman–Crippen LogP) is 4.16. The highest BCUT2D eigenvalue weighted by Crippen LogP contribution is 2.37. The molecular weight excluding hydrogens is 468 g/mol. The van der Waals surface area contributed by atoms with Crippen molar-refractivity contribution in [1.29, 1.82) is 5.26 Å². The van der Waals surface area contributed by atoms with Crippen LogP contribution in [0.1, 0.15) is 57.2 Å². The Morgan fingerprint density at radius 1 is 1.24 bits per heavy atom. The second kappa shape index (κ2) is 11.5. The monoisotopic (exact) mass is 502 g/mol. The Morgan fingerprint density at radius 2 is 1.91 bits per heavy atom. The molecule has 0 radical (unpaired) electrons. The number of rotatable bonds is 8. The smallest absolute Gasteiger partial charge is 0.270 e. The minimum absolute atomic E-state index is 0.127. The largest absolute Gasteiger partial charge is 0.382 e. The first-order valence-electron chi connectivity index (χ1n) is 12.0. The van der Waals surface area contributed by atoms with Crippen LogP contribution in [0.25, 0.3) is 6.08 Å². The molecule has 0 aromatic carbocycles. The lowest BCUT2D eigenvalue weighted by Crippen LogP contribution is -2.42. The zero-order valence-electron chi connectivity index (χ0n) is 20.7. The fourth-order valence-electron chi connectivity index (χ4n) is 4.91. The van der Waals surface area contributed by atoms with Crippen molar-refractivity contribution < 1.29 is 9.53 Å². The van der Waals surface area contributed by atoms with E-state index in [0.717, 1.165) is 30.9 Å². The Labute approximate surface area is 211 Å². The van der Waals surface area contributed by atoms with Crippen LogP contribution in [0.2, 0.25) is 0 Å². The Hall–Kier alpha value is -2.15. The standard InChI is InChI=1S/C25H34N4O3S2/c1-6-28-22(27-14-16(3)11-17(4)15-27)19(18(5)20(13-26)23(28)30)12-21-24(31)29(25(33)34-21)9-8-10-32-7-2/h12,16-17H,6-11,14-15H2,1-5H3. The molecule has 2 fully saturated rings. The maximum Gasteiger partial charge on any atom is 0.270 e. The van der Waals surface area contributed by atoms with Gasteiger partial charge in [-0.2, -0.15) is 5.26 Å². The number of carbonyl (C=O) groups excluding carboxylic acids is 1. The predicted molar refractivity (Wildman–Crippen MR) is 142 cm³/mol. The third-order valence-corrected chi connectivity index (χ3v) is 7.73. The maximum atomic E-state index is 13.2. The van der Waals surface area contributed by atoms with Crippen molar-refractivity contribution >= 4 is 46.1 Å². The van der Waals surface area contributed by atoms with Gasteiger partial charge in [0.1, 0.15) is 21.8 Å². The molecule has 2 saturated heterocycles. The molecule has 7 nitrogen and oxygen atoms in total. The normalized spacial score (nSPS) is 22.1. The molecule has 184 valence electrons. The topological polar surface area (TPSA) is 78.6 Å². The first-order chi connectivity index (χ1) is 16.2. The molecule has 0 bridgehead atoms. The van der Waals surface area contributed by atoms with Gasteiger partial charge in [-0.25, -0.2) is 0 Å². The van der Waals surface area contributed by atoms with Gasteiger partial charge in [0.05, 0.1) is 4.91 Å². The summed E-state index contributed by atoms with van der Waals surface area (Å²) in [5.74, 6) is 1.63. The van der Waals surface area contributed by atoms with Gasteiger partial charge >= 0.3 is 0 Å². The van der Waals surface area contributed by atoms with Crippen molar-refractivity contribution in [3.8, 4) is 6.07 Å². The quantitative estimate of drug-likeness (QED) is 0.300. The van der Waals surface area contributed by atoms with Crippen LogP contribution in [-0.4, -0.2) is 52.5 Å². The number of nitrogens with zero attached hydrogens (tertiary/aromatic N) is 4. The molecule has 0 saturated carbocycles. The number of nitriles is 1. The molecule has 3 heterocycles. The average molecular weight is 503 g/mol. The second-order valence-corrected chi connectivity index (χ2v) is 10.8. The summed E-state index contributed by atoms with van der Waals surface area (Å²) in [4.78, 5) is 30.8. The molecular formula is C25H34N4O3S2. The third-order valence-electron chi connectivity index (χ3n) is 6.35. The van der Waals surface area contributed by atoms with Crippen LogP contribution in [0.3, 0.4) is 0 Å². The van der Waals surface area contributed by atoms with Gasteiger partial charge in [-0.05, 0) is 57.1 Å². The lowest BCUT2D eigenvalue weighted by atomic mass is 9.91. The van der Waals surface area contributed by atoms with Gasteiger partial charge in [0.15, 0.2) is 0 Å². The summed E-state index contributed by atoms with van der Waals surface area (Å²) < 4.78 is 7.60. The zero-order valence-corrected chi connectivity index (χ0v) is 22.4. The van der Waals surface area contributed by atoms with Crippen LogP contribution in [-0.2, 0) is 16.1 Å². The molecule has 9 heteroatoms. The van der Waals surface area contributed by atoms with Gasteiger partial charge < -0.3 is 9.64 Å². The van der Waals surface area contributed by atoms with Crippen molar-refractivity contribution in [2.75, 3.05) is 37.7 Å². The highest BCUT2D eigenvalue weighted by atomic mass is 32.2. The van der Waals surface area contributed by atoms with E-state index in [9.17, 15) is 14.9 Å². The number of anilines is 1. The van der Waals surface area contributed by atoms with Crippen molar-refractivity contribution in [1.82, 2.24) is 9.47 Å². The Morgan fingerprint density at radius 3 is 2.50 bits per heavy atom. The van der Waals surface area contributed by atoms with Crippen LogP contribution >= 0.6 is 24.0 Å². The molecule has 0 aliphatic carbocycles. The van der Waals surface area contributed by atoms with E-state index >= 15 is 0 Å². The highest BCUT2D eigenvalue weighted by Gasteiger charge is 2.33. The molecule has 1 aromatic heterocycles. The molecule has 2 aliphatic heterocycles. The van der Waals surface area contributed by atoms with Gasteiger partial charge in [0.25, 0.3) is 11.5 Å². The van der Waals surface area contributed by atoms with Gasteiger partial charge in [-0.3, -0.25) is 19.1 Å². The van der Waals surface area contributed by atoms with Gasteiger partial charge in [0, 0.05) is 45.0 Å². The summed E-state index contributed by atoms with van der Waals surface area (Å²) >= 11 is 6.77. The molecule has 0 spiro atoms. The highest BCUT2D eigenvalue weighted by molar-refractivity contribution is 8.26. The molecule has 2 unspecified atom stereocenters. The first kappa shape index (κ1) is 26.5. The fraction of sp³-hybridized carbons (Fsp3) is 0.600. The van der Waals surface area contributed by atoms with Crippen molar-refractivity contribution in [3.05, 3.63) is 31.9 Å². The molecule has 0 N–H and O–H groups in total. The molecule has 3 rings (SSSR count). The minimum atomic E-state index is -0.274. The van der Waals surface area contributed by atoms with E-state index in [1.165, 1.54) is 11.8 Å². The summed E-state index contributed by atoms with van der Waals surface area (Å²) in [6, 6.07) is 2.10. The summed E-state index contributed by atoms with van der Waals surface area (Å²) in [5, 5.41) is 9.76. The summed E-state index contributed by atoms with van der Waals surface area (Å²) in [6.07, 6.45) is 3.68. The van der Waals surface area contributed by atoms with Crippen LogP contribution in [0, 0.1) is 30.1 Å². The van der Waals surface area contributed by atoms with E-state index < -0.39 is 0 Å². The van der Waals surface area contributed by atoms with Crippen LogP contribution in [0.5, 0.6) is 0 Å². The lowest BCUT2D eigenvalue weighted by Gasteiger charge is -2.38. The number of amides is 1. The second-order valence-electron chi connectivity index (χ2n) is 9.13. The van der Waals surface area contributed by atoms with Crippen molar-refractivity contribution in [2.24, 2.45) is 11.8 Å². The number of piperidine rings is 1. The lowest BCUT2D eigenvalue weighted by molar-refractivity contribution is -0.122. The van der Waals surface area contributed by atoms with E-state index in [-0.39, 0.29) is 17.0 Å². The number of thioether (sulfide) groups is 1. The van der Waals surface area contributed by atoms with Gasteiger partial charge in [-0.15, -0.1) is 0 Å². The molecule has 2 atom stereocenters. The fourth-order valence-corrected chi connectivity index (χ4v) is 6.20. The van der Waals surface area contributed by atoms with Gasteiger partial charge in [0.2, 0.25) is 0 Å². The van der Waals surface area contributed by atoms with Crippen LogP contribution in [0.4, 0.5) is 5.82 Å². The van der Waals surface area contributed by atoms with Crippen molar-refractivity contribution in [3.63, 3.8) is 0 Å². The first-order valence-corrected chi connectivity index (χ1v) is 13.2. The average Bonchev–Trinajstić information content (AvgIpc) is 3.05. The number of hydrogen-bond donors (Lipinski definition) is 0. The van der Waals surface area contributed by atoms with E-state index in [4.69, 9.17) is 17.0 Å². The molecule has 34 heavy (non-hydrogen) atoms. The van der Waals surface area contributed by atoms with E-state index in [2.05, 4.69) is 24.8 Å². The molecule has 1 amide bonds. The van der Waals surface area contributed by atoms with E-state index in [1.54, 1.807) is 16.4 Å². The summed E-state index contributed by atoms with van der Waals surface area (Å²) in [5.41, 5.74) is 1.22. The van der Waals surface area contributed by atoms with Gasteiger partial charge in [-0.1, -0.05) is 37.8 Å². The number of hydrogen-bond acceptors (Lipinski definition) is 7. The van der Waals surface area contributed by atoms with E-state index in [1.807, 2.05) is 19.9 Å². The SMILES string of the molecule is CCOCCCN1C(=O)C(=Cc2c(C)c(C#N)c(=O)n(CC)c2N2CC(C)CC(C)C2)SC1=S. The number of ether oxygens (including phenoxy) is 1. The Kier molecular flexibility index (Phi) is 8.96. The van der Waals surface area contributed by atoms with Crippen molar-refractivity contribution in [2.45, 2.75) is 54.0 Å². The zero-order chi connectivity index (χ0) is 25.0. The third kappa shape index (κ3) is 5.40. The summed E-state index contributed by atoms with van der Waals surface area (Å²) in [6.45, 7) is 13.9. The number of aromatic nitrogens is 1. The molecule has 2 aliphatic rings. The number of thiocarbonyl (C=S) groups is 1. The Bertz CT molecular complexity index is 1080. The van der Waals surface area contributed by atoms with Crippen LogP contribution < -0.4 is 10.5 Å². The molecule has 1 aromatic rings. The number of pyridine rings is 1.